The lowest BCUT2D eigenvalue weighted by Gasteiger charge is -2.18. The fourth-order valence-electron chi connectivity index (χ4n) is 1.21. The third kappa shape index (κ3) is 4.06. The van der Waals surface area contributed by atoms with Crippen LogP contribution in [0.3, 0.4) is 0 Å². The van der Waals surface area contributed by atoms with Crippen molar-refractivity contribution in [1.29, 1.82) is 0 Å². The molecule has 0 aliphatic heterocycles. The number of thioether (sulfide) groups is 1. The van der Waals surface area contributed by atoms with Gasteiger partial charge in [-0.1, -0.05) is 12.1 Å². The summed E-state index contributed by atoms with van der Waals surface area (Å²) in [5.41, 5.74) is 6.17. The van der Waals surface area contributed by atoms with E-state index < -0.39 is 11.4 Å². The molecule has 94 valence electrons. The molecule has 0 heterocycles. The van der Waals surface area contributed by atoms with Gasteiger partial charge in [0.2, 0.25) is 0 Å². The number of carboxylic acid groups (broad SMARTS) is 1. The standard InChI is InChI=1S/C13H19NO2S/c1-9(14)10-5-4-6-11(7-10)17-8-13(2,3)12(15)16/h4-7,9H,8,14H2,1-3H3,(H,15,16). The summed E-state index contributed by atoms with van der Waals surface area (Å²) >= 11 is 1.55. The highest BCUT2D eigenvalue weighted by Gasteiger charge is 2.27. The molecule has 3 N–H and O–H groups in total. The Bertz CT molecular complexity index is 402. The first-order valence-corrected chi connectivity index (χ1v) is 6.53. The summed E-state index contributed by atoms with van der Waals surface area (Å²) < 4.78 is 0. The highest BCUT2D eigenvalue weighted by atomic mass is 32.2. The van der Waals surface area contributed by atoms with Gasteiger partial charge in [0.25, 0.3) is 0 Å². The van der Waals surface area contributed by atoms with E-state index >= 15 is 0 Å². The second-order valence-electron chi connectivity index (χ2n) is 4.84. The van der Waals surface area contributed by atoms with Crippen LogP contribution in [0.5, 0.6) is 0 Å². The van der Waals surface area contributed by atoms with E-state index in [0.717, 1.165) is 10.5 Å². The topological polar surface area (TPSA) is 63.3 Å². The van der Waals surface area contributed by atoms with Crippen molar-refractivity contribution in [3.63, 3.8) is 0 Å². The number of hydrogen-bond acceptors (Lipinski definition) is 3. The lowest BCUT2D eigenvalue weighted by molar-refractivity contribution is -0.145. The minimum absolute atomic E-state index is 0.00281. The summed E-state index contributed by atoms with van der Waals surface area (Å²) in [7, 11) is 0. The molecule has 0 aliphatic rings. The zero-order valence-electron chi connectivity index (χ0n) is 10.4. The van der Waals surface area contributed by atoms with Crippen LogP contribution < -0.4 is 5.73 Å². The minimum Gasteiger partial charge on any atom is -0.481 e. The summed E-state index contributed by atoms with van der Waals surface area (Å²) in [5, 5.41) is 9.03. The number of carbonyl (C=O) groups is 1. The Morgan fingerprint density at radius 3 is 2.71 bits per heavy atom. The molecule has 17 heavy (non-hydrogen) atoms. The SMILES string of the molecule is CC(N)c1cccc(SCC(C)(C)C(=O)O)c1. The van der Waals surface area contributed by atoms with Crippen molar-refractivity contribution >= 4 is 17.7 Å². The minimum atomic E-state index is -0.770. The van der Waals surface area contributed by atoms with Crippen molar-refractivity contribution in [3.05, 3.63) is 29.8 Å². The van der Waals surface area contributed by atoms with Crippen LogP contribution in [0.1, 0.15) is 32.4 Å². The Labute approximate surface area is 106 Å². The fraction of sp³-hybridized carbons (Fsp3) is 0.462. The van der Waals surface area contributed by atoms with Crippen molar-refractivity contribution in [2.24, 2.45) is 11.1 Å². The maximum Gasteiger partial charge on any atom is 0.309 e. The molecule has 1 atom stereocenters. The van der Waals surface area contributed by atoms with Crippen LogP contribution in [0.25, 0.3) is 0 Å². The van der Waals surface area contributed by atoms with Crippen LogP contribution in [0, 0.1) is 5.41 Å². The van der Waals surface area contributed by atoms with Gasteiger partial charge in [-0.15, -0.1) is 11.8 Å². The lowest BCUT2D eigenvalue weighted by Crippen LogP contribution is -2.26. The van der Waals surface area contributed by atoms with Crippen molar-refractivity contribution < 1.29 is 9.90 Å². The Morgan fingerprint density at radius 2 is 2.18 bits per heavy atom. The van der Waals surface area contributed by atoms with E-state index in [-0.39, 0.29) is 6.04 Å². The van der Waals surface area contributed by atoms with Gasteiger partial charge >= 0.3 is 5.97 Å². The lowest BCUT2D eigenvalue weighted by atomic mass is 9.97. The molecule has 0 saturated heterocycles. The molecule has 1 aromatic rings. The normalized spacial score (nSPS) is 13.4. The van der Waals surface area contributed by atoms with Crippen molar-refractivity contribution in [2.45, 2.75) is 31.7 Å². The molecule has 1 aromatic carbocycles. The van der Waals surface area contributed by atoms with Crippen LogP contribution in [-0.2, 0) is 4.79 Å². The van der Waals surface area contributed by atoms with Crippen molar-refractivity contribution in [2.75, 3.05) is 5.75 Å². The molecule has 0 fully saturated rings. The van der Waals surface area contributed by atoms with Gasteiger partial charge in [-0.2, -0.15) is 0 Å². The highest BCUT2D eigenvalue weighted by Crippen LogP contribution is 2.29. The number of benzene rings is 1. The molecule has 0 amide bonds. The molecule has 1 rings (SSSR count). The maximum absolute atomic E-state index is 11.0. The predicted octanol–water partition coefficient (Wildman–Crippen LogP) is 2.91. The molecule has 0 radical (unpaired) electrons. The quantitative estimate of drug-likeness (QED) is 0.792. The molecule has 0 saturated carbocycles. The number of rotatable bonds is 5. The van der Waals surface area contributed by atoms with Crippen LogP contribution in [0.15, 0.2) is 29.2 Å². The molecule has 4 heteroatoms. The van der Waals surface area contributed by atoms with E-state index in [2.05, 4.69) is 0 Å². The van der Waals surface area contributed by atoms with E-state index in [0.29, 0.717) is 5.75 Å². The largest absolute Gasteiger partial charge is 0.481 e. The first-order valence-electron chi connectivity index (χ1n) is 5.54. The van der Waals surface area contributed by atoms with E-state index in [1.165, 1.54) is 0 Å². The van der Waals surface area contributed by atoms with E-state index in [9.17, 15) is 4.79 Å². The Morgan fingerprint density at radius 1 is 1.53 bits per heavy atom. The summed E-state index contributed by atoms with van der Waals surface area (Å²) in [6, 6.07) is 7.94. The van der Waals surface area contributed by atoms with Gasteiger partial charge in [0, 0.05) is 16.7 Å². The predicted molar refractivity (Wildman–Crippen MR) is 71.2 cm³/mol. The zero-order chi connectivity index (χ0) is 13.1. The molecular weight excluding hydrogens is 234 g/mol. The second-order valence-corrected chi connectivity index (χ2v) is 5.89. The third-order valence-corrected chi connectivity index (χ3v) is 4.02. The molecule has 0 aliphatic carbocycles. The molecule has 1 unspecified atom stereocenters. The zero-order valence-corrected chi connectivity index (χ0v) is 11.3. The fourth-order valence-corrected chi connectivity index (χ4v) is 2.26. The summed E-state index contributed by atoms with van der Waals surface area (Å²) in [4.78, 5) is 12.0. The number of carboxylic acids is 1. The first kappa shape index (κ1) is 14.1. The average molecular weight is 253 g/mol. The Hall–Kier alpha value is -1.00. The van der Waals surface area contributed by atoms with E-state index in [1.807, 2.05) is 31.2 Å². The van der Waals surface area contributed by atoms with E-state index in [4.69, 9.17) is 10.8 Å². The van der Waals surface area contributed by atoms with Gasteiger partial charge in [0.05, 0.1) is 5.41 Å². The number of nitrogens with two attached hydrogens (primary N) is 1. The number of hydrogen-bond donors (Lipinski definition) is 2. The molecule has 0 aromatic heterocycles. The van der Waals surface area contributed by atoms with Crippen LogP contribution in [0.4, 0.5) is 0 Å². The number of aliphatic carboxylic acids is 1. The summed E-state index contributed by atoms with van der Waals surface area (Å²) in [6.45, 7) is 5.40. The molecule has 0 bridgehead atoms. The third-order valence-electron chi connectivity index (χ3n) is 2.56. The molecular formula is C13H19NO2S. The summed E-state index contributed by atoms with van der Waals surface area (Å²) in [5.74, 6) is -0.224. The van der Waals surface area contributed by atoms with Gasteiger partial charge in [-0.05, 0) is 38.5 Å². The van der Waals surface area contributed by atoms with E-state index in [1.54, 1.807) is 25.6 Å². The highest BCUT2D eigenvalue weighted by molar-refractivity contribution is 7.99. The van der Waals surface area contributed by atoms with Gasteiger partial charge in [-0.25, -0.2) is 0 Å². The van der Waals surface area contributed by atoms with Crippen molar-refractivity contribution in [3.8, 4) is 0 Å². The molecule has 3 nitrogen and oxygen atoms in total. The smallest absolute Gasteiger partial charge is 0.309 e. The van der Waals surface area contributed by atoms with Crippen LogP contribution >= 0.6 is 11.8 Å². The average Bonchev–Trinajstić information content (AvgIpc) is 2.26. The Kier molecular flexibility index (Phi) is 4.60. The van der Waals surface area contributed by atoms with Gasteiger partial charge in [-0.3, -0.25) is 4.79 Å². The summed E-state index contributed by atoms with van der Waals surface area (Å²) in [6.07, 6.45) is 0. The van der Waals surface area contributed by atoms with Crippen LogP contribution in [0.2, 0.25) is 0 Å². The monoisotopic (exact) mass is 253 g/mol. The first-order chi connectivity index (χ1) is 7.83. The van der Waals surface area contributed by atoms with Gasteiger partial charge in [0.15, 0.2) is 0 Å². The molecule has 0 spiro atoms. The van der Waals surface area contributed by atoms with Crippen LogP contribution in [-0.4, -0.2) is 16.8 Å². The maximum atomic E-state index is 11.0. The second kappa shape index (κ2) is 5.56. The van der Waals surface area contributed by atoms with Gasteiger partial charge < -0.3 is 10.8 Å². The van der Waals surface area contributed by atoms with Crippen molar-refractivity contribution in [1.82, 2.24) is 0 Å². The van der Waals surface area contributed by atoms with Gasteiger partial charge in [0.1, 0.15) is 0 Å². The Balaban J connectivity index is 2.70.